The minimum atomic E-state index is -4.15. The first-order chi connectivity index (χ1) is 8.38. The third-order valence-electron chi connectivity index (χ3n) is 3.28. The van der Waals surface area contributed by atoms with Crippen molar-refractivity contribution >= 4 is 5.97 Å². The third kappa shape index (κ3) is 2.65. The van der Waals surface area contributed by atoms with E-state index < -0.39 is 18.1 Å². The number of nitrogens with zero attached hydrogens (tertiary/aromatic N) is 1. The number of carboxylic acids is 1. The molecule has 7 heteroatoms. The molecule has 100 valence electrons. The van der Waals surface area contributed by atoms with Crippen LogP contribution < -0.4 is 0 Å². The maximum Gasteiger partial charge on any atom is 0.391 e. The minimum absolute atomic E-state index is 0.0406. The van der Waals surface area contributed by atoms with E-state index in [1.807, 2.05) is 0 Å². The van der Waals surface area contributed by atoms with Crippen molar-refractivity contribution in [2.24, 2.45) is 5.92 Å². The molecule has 0 radical (unpaired) electrons. The van der Waals surface area contributed by atoms with Crippen LogP contribution >= 0.6 is 0 Å². The van der Waals surface area contributed by atoms with Crippen LogP contribution in [0.4, 0.5) is 13.2 Å². The summed E-state index contributed by atoms with van der Waals surface area (Å²) in [5.74, 6) is -2.44. The number of carbonyl (C=O) groups is 1. The van der Waals surface area contributed by atoms with Gasteiger partial charge in [0.1, 0.15) is 6.26 Å². The Morgan fingerprint density at radius 3 is 2.39 bits per heavy atom. The van der Waals surface area contributed by atoms with Gasteiger partial charge in [-0.2, -0.15) is 13.2 Å². The highest BCUT2D eigenvalue weighted by atomic mass is 19.4. The fourth-order valence-corrected chi connectivity index (χ4v) is 2.24. The first-order valence-corrected chi connectivity index (χ1v) is 5.63. The van der Waals surface area contributed by atoms with Crippen LogP contribution in [0.1, 0.15) is 48.0 Å². The summed E-state index contributed by atoms with van der Waals surface area (Å²) in [4.78, 5) is 14.4. The number of carboxylic acid groups (broad SMARTS) is 1. The van der Waals surface area contributed by atoms with E-state index in [4.69, 9.17) is 9.52 Å². The van der Waals surface area contributed by atoms with Crippen LogP contribution in [0.25, 0.3) is 0 Å². The van der Waals surface area contributed by atoms with Gasteiger partial charge in [-0.3, -0.25) is 0 Å². The molecular formula is C11H12F3NO3. The summed E-state index contributed by atoms with van der Waals surface area (Å²) in [6, 6.07) is 0. The van der Waals surface area contributed by atoms with Gasteiger partial charge in [0.05, 0.1) is 5.92 Å². The van der Waals surface area contributed by atoms with Gasteiger partial charge in [-0.15, -0.1) is 0 Å². The van der Waals surface area contributed by atoms with E-state index in [2.05, 4.69) is 4.98 Å². The van der Waals surface area contributed by atoms with E-state index in [0.29, 0.717) is 12.8 Å². The largest absolute Gasteiger partial charge is 0.476 e. The molecule has 1 aliphatic rings. The Morgan fingerprint density at radius 2 is 1.94 bits per heavy atom. The van der Waals surface area contributed by atoms with Gasteiger partial charge in [-0.1, -0.05) is 0 Å². The number of aromatic nitrogens is 1. The maximum atomic E-state index is 12.5. The monoisotopic (exact) mass is 263 g/mol. The zero-order valence-electron chi connectivity index (χ0n) is 9.41. The number of alkyl halides is 3. The first-order valence-electron chi connectivity index (χ1n) is 5.63. The normalized spacial score (nSPS) is 25.1. The summed E-state index contributed by atoms with van der Waals surface area (Å²) >= 11 is 0. The molecule has 2 rings (SSSR count). The average Bonchev–Trinajstić information content (AvgIpc) is 2.77. The van der Waals surface area contributed by atoms with Crippen LogP contribution in [0.2, 0.25) is 0 Å². The molecule has 1 aromatic rings. The van der Waals surface area contributed by atoms with Crippen LogP contribution in [0, 0.1) is 5.92 Å². The summed E-state index contributed by atoms with van der Waals surface area (Å²) in [7, 11) is 0. The Kier molecular flexibility index (Phi) is 3.32. The number of oxazole rings is 1. The van der Waals surface area contributed by atoms with Gasteiger partial charge in [0, 0.05) is 5.92 Å². The Balaban J connectivity index is 1.99. The molecule has 0 amide bonds. The Morgan fingerprint density at radius 1 is 1.33 bits per heavy atom. The van der Waals surface area contributed by atoms with Crippen LogP contribution in [0.5, 0.6) is 0 Å². The molecular weight excluding hydrogens is 251 g/mol. The molecule has 1 fully saturated rings. The second-order valence-corrected chi connectivity index (χ2v) is 4.47. The molecule has 0 saturated heterocycles. The van der Waals surface area contributed by atoms with Gasteiger partial charge in [0.25, 0.3) is 0 Å². The van der Waals surface area contributed by atoms with Crippen LogP contribution in [-0.2, 0) is 0 Å². The van der Waals surface area contributed by atoms with Crippen molar-refractivity contribution in [3.63, 3.8) is 0 Å². The molecule has 0 unspecified atom stereocenters. The zero-order valence-corrected chi connectivity index (χ0v) is 9.41. The molecule has 18 heavy (non-hydrogen) atoms. The van der Waals surface area contributed by atoms with E-state index >= 15 is 0 Å². The number of hydrogen-bond donors (Lipinski definition) is 1. The minimum Gasteiger partial charge on any atom is -0.476 e. The summed E-state index contributed by atoms with van der Waals surface area (Å²) in [6.45, 7) is 0. The first kappa shape index (κ1) is 12.9. The lowest BCUT2D eigenvalue weighted by Crippen LogP contribution is -2.27. The number of aromatic carboxylic acids is 1. The second-order valence-electron chi connectivity index (χ2n) is 4.47. The summed E-state index contributed by atoms with van der Waals surface area (Å²) in [6.07, 6.45) is -2.40. The van der Waals surface area contributed by atoms with E-state index in [0.717, 1.165) is 6.26 Å². The fourth-order valence-electron chi connectivity index (χ4n) is 2.24. The molecule has 1 N–H and O–H groups in total. The van der Waals surface area contributed by atoms with Crippen molar-refractivity contribution in [3.8, 4) is 0 Å². The highest BCUT2D eigenvalue weighted by Gasteiger charge is 2.42. The van der Waals surface area contributed by atoms with Crippen molar-refractivity contribution in [2.45, 2.75) is 37.8 Å². The Hall–Kier alpha value is -1.53. The third-order valence-corrected chi connectivity index (χ3v) is 3.28. The molecule has 0 spiro atoms. The van der Waals surface area contributed by atoms with Crippen molar-refractivity contribution in [2.75, 3.05) is 0 Å². The van der Waals surface area contributed by atoms with E-state index in [1.54, 1.807) is 0 Å². The van der Waals surface area contributed by atoms with E-state index in [-0.39, 0.29) is 30.3 Å². The van der Waals surface area contributed by atoms with Crippen LogP contribution in [0.15, 0.2) is 10.7 Å². The Bertz CT molecular complexity index is 433. The van der Waals surface area contributed by atoms with Gasteiger partial charge >= 0.3 is 12.1 Å². The second kappa shape index (κ2) is 4.62. The molecule has 1 aliphatic carbocycles. The smallest absolute Gasteiger partial charge is 0.391 e. The lowest BCUT2D eigenvalue weighted by molar-refractivity contribution is -0.182. The van der Waals surface area contributed by atoms with Crippen molar-refractivity contribution in [3.05, 3.63) is 17.8 Å². The SMILES string of the molecule is O=C(O)c1coc(C2CCC(C(F)(F)F)CC2)n1. The molecule has 1 saturated carbocycles. The van der Waals surface area contributed by atoms with E-state index in [9.17, 15) is 18.0 Å². The molecule has 0 aromatic carbocycles. The summed E-state index contributed by atoms with van der Waals surface area (Å²) in [5.41, 5.74) is -0.206. The molecule has 4 nitrogen and oxygen atoms in total. The highest BCUT2D eigenvalue weighted by Crippen LogP contribution is 2.42. The predicted molar refractivity (Wildman–Crippen MR) is 54.2 cm³/mol. The fraction of sp³-hybridized carbons (Fsp3) is 0.636. The zero-order chi connectivity index (χ0) is 13.3. The predicted octanol–water partition coefficient (Wildman–Crippen LogP) is 3.21. The summed E-state index contributed by atoms with van der Waals surface area (Å²) < 4.78 is 42.4. The van der Waals surface area contributed by atoms with Crippen molar-refractivity contribution in [1.29, 1.82) is 0 Å². The Labute approximate surface area is 101 Å². The lowest BCUT2D eigenvalue weighted by atomic mass is 9.81. The highest BCUT2D eigenvalue weighted by molar-refractivity contribution is 5.84. The standard InChI is InChI=1S/C11H12F3NO3/c12-11(13,14)7-3-1-6(2-4-7)9-15-8(5-18-9)10(16)17/h5-7H,1-4H2,(H,16,17). The number of rotatable bonds is 2. The molecule has 1 aromatic heterocycles. The number of halogens is 3. The molecule has 1 heterocycles. The van der Waals surface area contributed by atoms with Crippen molar-refractivity contribution < 1.29 is 27.5 Å². The van der Waals surface area contributed by atoms with Crippen LogP contribution in [0.3, 0.4) is 0 Å². The topological polar surface area (TPSA) is 63.3 Å². The molecule has 0 atom stereocenters. The summed E-state index contributed by atoms with van der Waals surface area (Å²) in [5, 5.41) is 8.67. The molecule has 0 aliphatic heterocycles. The quantitative estimate of drug-likeness (QED) is 0.889. The molecule has 0 bridgehead atoms. The maximum absolute atomic E-state index is 12.5. The number of hydrogen-bond acceptors (Lipinski definition) is 3. The van der Waals surface area contributed by atoms with Crippen LogP contribution in [-0.4, -0.2) is 22.2 Å². The van der Waals surface area contributed by atoms with E-state index in [1.165, 1.54) is 0 Å². The van der Waals surface area contributed by atoms with Gasteiger partial charge in [0.15, 0.2) is 11.6 Å². The van der Waals surface area contributed by atoms with Gasteiger partial charge in [-0.05, 0) is 25.7 Å². The lowest BCUT2D eigenvalue weighted by Gasteiger charge is -2.28. The van der Waals surface area contributed by atoms with Crippen molar-refractivity contribution in [1.82, 2.24) is 4.98 Å². The van der Waals surface area contributed by atoms with Gasteiger partial charge < -0.3 is 9.52 Å². The van der Waals surface area contributed by atoms with Gasteiger partial charge in [0.2, 0.25) is 0 Å². The van der Waals surface area contributed by atoms with Gasteiger partial charge in [-0.25, -0.2) is 9.78 Å². The average molecular weight is 263 g/mol.